The second-order valence-corrected chi connectivity index (χ2v) is 5.79. The monoisotopic (exact) mass is 243 g/mol. The van der Waals surface area contributed by atoms with E-state index in [2.05, 4.69) is 11.2 Å². The van der Waals surface area contributed by atoms with Crippen LogP contribution in [0, 0.1) is 0 Å². The van der Waals surface area contributed by atoms with Crippen molar-refractivity contribution in [1.29, 1.82) is 0 Å². The van der Waals surface area contributed by atoms with Crippen LogP contribution in [0.15, 0.2) is 0 Å². The number of rotatable bonds is 4. The third kappa shape index (κ3) is 2.38. The minimum Gasteiger partial charge on any atom is -0.372 e. The largest absolute Gasteiger partial charge is 0.372 e. The maximum Gasteiger partial charge on any atom is 0.249 e. The number of hydrogen-bond acceptors (Lipinski definition) is 3. The lowest BCUT2D eigenvalue weighted by atomic mass is 10.0. The molecule has 4 heteroatoms. The summed E-state index contributed by atoms with van der Waals surface area (Å²) in [6.07, 6.45) is 6.92. The van der Waals surface area contributed by atoms with E-state index < -0.39 is 0 Å². The van der Waals surface area contributed by atoms with Gasteiger partial charge in [-0.2, -0.15) is 11.8 Å². The third-order valence-corrected chi connectivity index (χ3v) is 4.79. The molecular weight excluding hydrogens is 222 g/mol. The maximum absolute atomic E-state index is 12.0. The van der Waals surface area contributed by atoms with Gasteiger partial charge in [0.15, 0.2) is 0 Å². The predicted octanol–water partition coefficient (Wildman–Crippen LogP) is 1.91. The number of amides is 1. The Bertz CT molecular complexity index is 245. The Labute approximate surface area is 102 Å². The molecule has 1 amide bonds. The molecule has 2 fully saturated rings. The lowest BCUT2D eigenvalue weighted by molar-refractivity contribution is -0.140. The Hall–Kier alpha value is -0.220. The molecule has 0 aromatic rings. The molecule has 0 aromatic carbocycles. The van der Waals surface area contributed by atoms with Crippen LogP contribution in [0.25, 0.3) is 0 Å². The van der Waals surface area contributed by atoms with Gasteiger partial charge in [-0.15, -0.1) is 0 Å². The Morgan fingerprint density at radius 2 is 2.00 bits per heavy atom. The Morgan fingerprint density at radius 1 is 1.38 bits per heavy atom. The summed E-state index contributed by atoms with van der Waals surface area (Å²) in [6.45, 7) is 2.83. The van der Waals surface area contributed by atoms with E-state index in [-0.39, 0.29) is 12.5 Å². The van der Waals surface area contributed by atoms with Gasteiger partial charge in [0, 0.05) is 23.9 Å². The lowest BCUT2D eigenvalue weighted by Crippen LogP contribution is -2.48. The van der Waals surface area contributed by atoms with Crippen molar-refractivity contribution in [3.8, 4) is 0 Å². The first-order chi connectivity index (χ1) is 7.76. The van der Waals surface area contributed by atoms with Crippen molar-refractivity contribution < 1.29 is 9.53 Å². The molecule has 2 bridgehead atoms. The molecule has 2 unspecified atom stereocenters. The van der Waals surface area contributed by atoms with E-state index in [0.717, 1.165) is 5.25 Å². The SMILES string of the molecule is CCOCC(=O)N1C2CCC1CC(SC)C2. The zero-order chi connectivity index (χ0) is 11.5. The molecule has 2 heterocycles. The highest BCUT2D eigenvalue weighted by atomic mass is 32.2. The topological polar surface area (TPSA) is 29.5 Å². The molecule has 2 atom stereocenters. The standard InChI is InChI=1S/C12H21NO2S/c1-3-15-8-12(14)13-9-4-5-10(13)7-11(6-9)16-2/h9-11H,3-8H2,1-2H3. The van der Waals surface area contributed by atoms with Gasteiger partial charge in [-0.3, -0.25) is 4.79 Å². The van der Waals surface area contributed by atoms with Gasteiger partial charge in [0.1, 0.15) is 6.61 Å². The van der Waals surface area contributed by atoms with Crippen molar-refractivity contribution in [3.63, 3.8) is 0 Å². The van der Waals surface area contributed by atoms with Crippen LogP contribution in [0.2, 0.25) is 0 Å². The van der Waals surface area contributed by atoms with Crippen LogP contribution in [0.1, 0.15) is 32.6 Å². The first-order valence-corrected chi connectivity index (χ1v) is 7.46. The average molecular weight is 243 g/mol. The molecule has 0 aromatic heterocycles. The van der Waals surface area contributed by atoms with Crippen molar-refractivity contribution in [2.24, 2.45) is 0 Å². The average Bonchev–Trinajstić information content (AvgIpc) is 2.57. The number of fused-ring (bicyclic) bond motifs is 2. The number of hydrogen-bond donors (Lipinski definition) is 0. The number of thioether (sulfide) groups is 1. The van der Waals surface area contributed by atoms with Crippen LogP contribution in [0.5, 0.6) is 0 Å². The lowest BCUT2D eigenvalue weighted by Gasteiger charge is -2.38. The molecular formula is C12H21NO2S. The van der Waals surface area contributed by atoms with Crippen LogP contribution < -0.4 is 0 Å². The van der Waals surface area contributed by atoms with E-state index >= 15 is 0 Å². The number of carbonyl (C=O) groups excluding carboxylic acids is 1. The minimum atomic E-state index is 0.203. The summed E-state index contributed by atoms with van der Waals surface area (Å²) in [5.74, 6) is 0.203. The minimum absolute atomic E-state index is 0.203. The van der Waals surface area contributed by atoms with Gasteiger partial charge in [0.25, 0.3) is 0 Å². The summed E-state index contributed by atoms with van der Waals surface area (Å²) in [6, 6.07) is 0.980. The van der Waals surface area contributed by atoms with Crippen molar-refractivity contribution in [1.82, 2.24) is 4.90 Å². The Morgan fingerprint density at radius 3 is 2.50 bits per heavy atom. The summed E-state index contributed by atoms with van der Waals surface area (Å²) >= 11 is 1.96. The zero-order valence-electron chi connectivity index (χ0n) is 10.1. The molecule has 2 aliphatic heterocycles. The van der Waals surface area contributed by atoms with Crippen molar-refractivity contribution >= 4 is 17.7 Å². The van der Waals surface area contributed by atoms with E-state index in [0.29, 0.717) is 18.7 Å². The molecule has 0 aliphatic carbocycles. The zero-order valence-corrected chi connectivity index (χ0v) is 11.0. The van der Waals surface area contributed by atoms with Gasteiger partial charge in [-0.25, -0.2) is 0 Å². The summed E-state index contributed by atoms with van der Waals surface area (Å²) in [7, 11) is 0. The quantitative estimate of drug-likeness (QED) is 0.755. The molecule has 0 saturated carbocycles. The van der Waals surface area contributed by atoms with E-state index in [1.54, 1.807) is 0 Å². The summed E-state index contributed by atoms with van der Waals surface area (Å²) in [5.41, 5.74) is 0. The maximum atomic E-state index is 12.0. The molecule has 92 valence electrons. The van der Waals surface area contributed by atoms with Crippen molar-refractivity contribution in [2.75, 3.05) is 19.5 Å². The Kier molecular flexibility index (Phi) is 4.14. The summed E-state index contributed by atoms with van der Waals surface area (Å²) in [4.78, 5) is 14.1. The number of ether oxygens (including phenoxy) is 1. The molecule has 2 aliphatic rings. The van der Waals surface area contributed by atoms with Gasteiger partial charge in [0.05, 0.1) is 0 Å². The van der Waals surface area contributed by atoms with Gasteiger partial charge in [-0.1, -0.05) is 0 Å². The van der Waals surface area contributed by atoms with Gasteiger partial charge in [0.2, 0.25) is 5.91 Å². The number of nitrogens with zero attached hydrogens (tertiary/aromatic N) is 1. The van der Waals surface area contributed by atoms with Gasteiger partial charge in [-0.05, 0) is 38.9 Å². The van der Waals surface area contributed by atoms with E-state index in [1.165, 1.54) is 25.7 Å². The van der Waals surface area contributed by atoms with Crippen LogP contribution in [-0.2, 0) is 9.53 Å². The smallest absolute Gasteiger partial charge is 0.249 e. The van der Waals surface area contributed by atoms with Crippen molar-refractivity contribution in [3.05, 3.63) is 0 Å². The predicted molar refractivity (Wildman–Crippen MR) is 66.7 cm³/mol. The number of piperidine rings is 1. The fourth-order valence-corrected chi connectivity index (χ4v) is 3.82. The normalized spacial score (nSPS) is 33.1. The summed E-state index contributed by atoms with van der Waals surface area (Å²) in [5, 5.41) is 0.758. The highest BCUT2D eigenvalue weighted by molar-refractivity contribution is 7.99. The molecule has 2 rings (SSSR count). The first-order valence-electron chi connectivity index (χ1n) is 6.18. The van der Waals surface area contributed by atoms with Gasteiger partial charge >= 0.3 is 0 Å². The second-order valence-electron chi connectivity index (χ2n) is 4.65. The third-order valence-electron chi connectivity index (χ3n) is 3.74. The van der Waals surface area contributed by atoms with Crippen LogP contribution in [0.3, 0.4) is 0 Å². The van der Waals surface area contributed by atoms with E-state index in [9.17, 15) is 4.79 Å². The first kappa shape index (κ1) is 12.2. The van der Waals surface area contributed by atoms with Crippen molar-refractivity contribution in [2.45, 2.75) is 49.9 Å². The highest BCUT2D eigenvalue weighted by Crippen LogP contribution is 2.39. The summed E-state index contributed by atoms with van der Waals surface area (Å²) < 4.78 is 5.23. The van der Waals surface area contributed by atoms with Crippen LogP contribution in [0.4, 0.5) is 0 Å². The second kappa shape index (κ2) is 5.41. The highest BCUT2D eigenvalue weighted by Gasteiger charge is 2.42. The number of carbonyl (C=O) groups is 1. The van der Waals surface area contributed by atoms with E-state index in [1.807, 2.05) is 18.7 Å². The van der Waals surface area contributed by atoms with Crippen LogP contribution in [-0.4, -0.2) is 47.6 Å². The van der Waals surface area contributed by atoms with Crippen LogP contribution >= 0.6 is 11.8 Å². The molecule has 0 spiro atoms. The fourth-order valence-electron chi connectivity index (χ4n) is 2.99. The molecule has 0 radical (unpaired) electrons. The van der Waals surface area contributed by atoms with E-state index in [4.69, 9.17) is 4.74 Å². The Balaban J connectivity index is 1.94. The molecule has 3 nitrogen and oxygen atoms in total. The van der Waals surface area contributed by atoms with Gasteiger partial charge < -0.3 is 9.64 Å². The fraction of sp³-hybridized carbons (Fsp3) is 0.917. The molecule has 2 saturated heterocycles. The molecule has 0 N–H and O–H groups in total. The molecule has 16 heavy (non-hydrogen) atoms.